The lowest BCUT2D eigenvalue weighted by atomic mass is 10.1. The van der Waals surface area contributed by atoms with Crippen LogP contribution in [0.15, 0.2) is 36.4 Å². The largest absolute Gasteiger partial charge is 0.504 e. The number of rotatable bonds is 4. The highest BCUT2D eigenvalue weighted by Gasteiger charge is 2.22. The second-order valence-corrected chi connectivity index (χ2v) is 5.68. The van der Waals surface area contributed by atoms with Crippen LogP contribution in [0.2, 0.25) is 5.02 Å². The monoisotopic (exact) mass is 363 g/mol. The van der Waals surface area contributed by atoms with E-state index in [4.69, 9.17) is 22.1 Å². The molecule has 0 unspecified atom stereocenters. The van der Waals surface area contributed by atoms with Crippen molar-refractivity contribution in [3.63, 3.8) is 0 Å². The van der Waals surface area contributed by atoms with E-state index in [0.717, 1.165) is 16.5 Å². The first-order valence-electron chi connectivity index (χ1n) is 7.30. The lowest BCUT2D eigenvalue weighted by Crippen LogP contribution is -2.40. The summed E-state index contributed by atoms with van der Waals surface area (Å²) in [5, 5.41) is 12.5. The molecular weight excluding hydrogens is 346 g/mol. The first-order valence-corrected chi connectivity index (χ1v) is 7.68. The van der Waals surface area contributed by atoms with Crippen LogP contribution in [0.1, 0.15) is 15.9 Å². The fraction of sp³-hybridized carbons (Fsp3) is 0.176. The number of amides is 3. The third-order valence-corrected chi connectivity index (χ3v) is 3.84. The molecule has 0 saturated carbocycles. The molecule has 0 aliphatic heterocycles. The molecule has 2 aromatic rings. The van der Waals surface area contributed by atoms with Crippen LogP contribution in [-0.4, -0.2) is 36.1 Å². The fourth-order valence-electron chi connectivity index (χ4n) is 2.08. The molecule has 2 aromatic carbocycles. The summed E-state index contributed by atoms with van der Waals surface area (Å²) in [7, 11) is 2.68. The van der Waals surface area contributed by atoms with Crippen LogP contribution in [0.25, 0.3) is 0 Å². The molecule has 2 rings (SSSR count). The molecule has 0 aromatic heterocycles. The molecule has 0 spiro atoms. The number of benzene rings is 2. The SMILES string of the molecule is COc1cc(Cl)c(C(=O)N(C)C(=O)NCc2ccc(N)cc2)cc1O. The first-order chi connectivity index (χ1) is 11.8. The van der Waals surface area contributed by atoms with Gasteiger partial charge in [-0.2, -0.15) is 0 Å². The van der Waals surface area contributed by atoms with Gasteiger partial charge in [-0.1, -0.05) is 23.7 Å². The maximum atomic E-state index is 12.4. The summed E-state index contributed by atoms with van der Waals surface area (Å²) >= 11 is 6.03. The lowest BCUT2D eigenvalue weighted by Gasteiger charge is -2.17. The number of nitrogens with zero attached hydrogens (tertiary/aromatic N) is 1. The molecule has 25 heavy (non-hydrogen) atoms. The Morgan fingerprint density at radius 1 is 1.28 bits per heavy atom. The Bertz CT molecular complexity index is 793. The fourth-order valence-corrected chi connectivity index (χ4v) is 2.31. The van der Waals surface area contributed by atoms with Gasteiger partial charge in [0.15, 0.2) is 11.5 Å². The van der Waals surface area contributed by atoms with Crippen molar-refractivity contribution in [2.45, 2.75) is 6.54 Å². The summed E-state index contributed by atoms with van der Waals surface area (Å²) in [6.07, 6.45) is 0. The highest BCUT2D eigenvalue weighted by molar-refractivity contribution is 6.34. The average Bonchev–Trinajstić information content (AvgIpc) is 2.61. The maximum Gasteiger partial charge on any atom is 0.324 e. The summed E-state index contributed by atoms with van der Waals surface area (Å²) in [5.74, 6) is -0.763. The van der Waals surface area contributed by atoms with Crippen molar-refractivity contribution in [1.82, 2.24) is 10.2 Å². The number of nitrogens with two attached hydrogens (primary N) is 1. The topological polar surface area (TPSA) is 105 Å². The van der Waals surface area contributed by atoms with Gasteiger partial charge in [0.2, 0.25) is 0 Å². The summed E-state index contributed by atoms with van der Waals surface area (Å²) in [6.45, 7) is 0.234. The Kier molecular flexibility index (Phi) is 5.71. The Morgan fingerprint density at radius 2 is 1.92 bits per heavy atom. The Labute approximate surface area is 149 Å². The minimum absolute atomic E-state index is 0.00917. The highest BCUT2D eigenvalue weighted by Crippen LogP contribution is 2.32. The second kappa shape index (κ2) is 7.76. The van der Waals surface area contributed by atoms with E-state index >= 15 is 0 Å². The van der Waals surface area contributed by atoms with Crippen LogP contribution in [0.3, 0.4) is 0 Å². The number of imide groups is 1. The number of anilines is 1. The molecular formula is C17H18ClN3O4. The van der Waals surface area contributed by atoms with Gasteiger partial charge in [0, 0.05) is 25.3 Å². The number of methoxy groups -OCH3 is 1. The van der Waals surface area contributed by atoms with Crippen LogP contribution in [-0.2, 0) is 6.54 Å². The summed E-state index contributed by atoms with van der Waals surface area (Å²) in [4.78, 5) is 25.5. The van der Waals surface area contributed by atoms with E-state index in [1.54, 1.807) is 24.3 Å². The Balaban J connectivity index is 2.07. The molecule has 0 atom stereocenters. The highest BCUT2D eigenvalue weighted by atomic mass is 35.5. The molecule has 4 N–H and O–H groups in total. The van der Waals surface area contributed by atoms with Gasteiger partial charge >= 0.3 is 6.03 Å². The summed E-state index contributed by atoms with van der Waals surface area (Å²) in [5.41, 5.74) is 7.05. The number of nitrogen functional groups attached to an aromatic ring is 1. The van der Waals surface area contributed by atoms with Gasteiger partial charge in [0.1, 0.15) is 0 Å². The van der Waals surface area contributed by atoms with Crippen molar-refractivity contribution in [3.8, 4) is 11.5 Å². The minimum atomic E-state index is -0.655. The molecule has 7 nitrogen and oxygen atoms in total. The van der Waals surface area contributed by atoms with Crippen LogP contribution < -0.4 is 15.8 Å². The minimum Gasteiger partial charge on any atom is -0.504 e. The van der Waals surface area contributed by atoms with E-state index in [-0.39, 0.29) is 28.6 Å². The molecule has 0 radical (unpaired) electrons. The van der Waals surface area contributed by atoms with E-state index in [2.05, 4.69) is 5.32 Å². The molecule has 0 aliphatic rings. The number of ether oxygens (including phenoxy) is 1. The number of carbonyl (C=O) groups is 2. The van der Waals surface area contributed by atoms with Crippen molar-refractivity contribution < 1.29 is 19.4 Å². The second-order valence-electron chi connectivity index (χ2n) is 5.27. The van der Waals surface area contributed by atoms with E-state index in [9.17, 15) is 14.7 Å². The molecule has 0 saturated heterocycles. The third-order valence-electron chi connectivity index (χ3n) is 3.53. The van der Waals surface area contributed by atoms with Gasteiger partial charge in [-0.05, 0) is 23.8 Å². The van der Waals surface area contributed by atoms with Gasteiger partial charge in [0.25, 0.3) is 5.91 Å². The number of carbonyl (C=O) groups excluding carboxylic acids is 2. The first kappa shape index (κ1) is 18.4. The number of urea groups is 1. The molecule has 0 fully saturated rings. The molecule has 3 amide bonds. The normalized spacial score (nSPS) is 10.2. The number of hydrogen-bond donors (Lipinski definition) is 3. The molecule has 0 bridgehead atoms. The number of phenolic OH excluding ortho intramolecular Hbond substituents is 1. The van der Waals surface area contributed by atoms with Gasteiger partial charge in [-0.3, -0.25) is 9.69 Å². The Morgan fingerprint density at radius 3 is 2.52 bits per heavy atom. The molecule has 0 heterocycles. The predicted octanol–water partition coefficient (Wildman–Crippen LogP) is 2.62. The Hall–Kier alpha value is -2.93. The van der Waals surface area contributed by atoms with Crippen molar-refractivity contribution in [1.29, 1.82) is 0 Å². The van der Waals surface area contributed by atoms with Crippen molar-refractivity contribution >= 4 is 29.2 Å². The van der Waals surface area contributed by atoms with Crippen LogP contribution in [0, 0.1) is 0 Å². The van der Waals surface area contributed by atoms with Gasteiger partial charge in [0.05, 0.1) is 17.7 Å². The number of phenols is 1. The smallest absolute Gasteiger partial charge is 0.324 e. The molecule has 0 aliphatic carbocycles. The zero-order chi connectivity index (χ0) is 18.6. The lowest BCUT2D eigenvalue weighted by molar-refractivity contribution is 0.0830. The van der Waals surface area contributed by atoms with Crippen molar-refractivity contribution in [2.24, 2.45) is 0 Å². The summed E-state index contributed by atoms with van der Waals surface area (Å²) in [6, 6.07) is 8.85. The average molecular weight is 364 g/mol. The maximum absolute atomic E-state index is 12.4. The quantitative estimate of drug-likeness (QED) is 0.724. The third kappa shape index (κ3) is 4.33. The van der Waals surface area contributed by atoms with E-state index in [1.165, 1.54) is 20.2 Å². The zero-order valence-corrected chi connectivity index (χ0v) is 14.5. The number of halogens is 1. The number of aromatic hydroxyl groups is 1. The van der Waals surface area contributed by atoms with E-state index in [0.29, 0.717) is 5.69 Å². The van der Waals surface area contributed by atoms with Crippen LogP contribution in [0.5, 0.6) is 11.5 Å². The standard InChI is InChI=1S/C17H18ClN3O4/c1-21(17(24)20-9-10-3-5-11(19)6-4-10)16(23)12-7-14(22)15(25-2)8-13(12)18/h3-8,22H,9,19H2,1-2H3,(H,20,24). The predicted molar refractivity (Wildman–Crippen MR) is 94.9 cm³/mol. The van der Waals surface area contributed by atoms with Gasteiger partial charge in [-0.15, -0.1) is 0 Å². The zero-order valence-electron chi connectivity index (χ0n) is 13.7. The van der Waals surface area contributed by atoms with Crippen LogP contribution >= 0.6 is 11.6 Å². The molecule has 132 valence electrons. The van der Waals surface area contributed by atoms with Gasteiger partial charge in [-0.25, -0.2) is 4.79 Å². The molecule has 8 heteroatoms. The number of nitrogens with one attached hydrogen (secondary N) is 1. The number of hydrogen-bond acceptors (Lipinski definition) is 5. The van der Waals surface area contributed by atoms with Crippen molar-refractivity contribution in [2.75, 3.05) is 19.9 Å². The van der Waals surface area contributed by atoms with Crippen LogP contribution in [0.4, 0.5) is 10.5 Å². The van der Waals surface area contributed by atoms with Crippen molar-refractivity contribution in [3.05, 3.63) is 52.5 Å². The summed E-state index contributed by atoms with van der Waals surface area (Å²) < 4.78 is 4.92. The van der Waals surface area contributed by atoms with E-state index < -0.39 is 11.9 Å². The van der Waals surface area contributed by atoms with E-state index in [1.807, 2.05) is 0 Å². The van der Waals surface area contributed by atoms with Gasteiger partial charge < -0.3 is 20.9 Å².